The number of hydrogen-bond acceptors (Lipinski definition) is 4. The molecule has 3 rings (SSSR count). The van der Waals surface area contributed by atoms with E-state index in [1.54, 1.807) is 16.2 Å². The van der Waals surface area contributed by atoms with E-state index in [9.17, 15) is 14.7 Å². The first-order valence-electron chi connectivity index (χ1n) is 8.73. The molecule has 2 atom stereocenters. The highest BCUT2D eigenvalue weighted by Crippen LogP contribution is 2.42. The van der Waals surface area contributed by atoms with Crippen molar-refractivity contribution in [3.63, 3.8) is 0 Å². The summed E-state index contributed by atoms with van der Waals surface area (Å²) in [4.78, 5) is 27.3. The third-order valence-electron chi connectivity index (χ3n) is 5.38. The number of aliphatic carboxylic acids is 1. The Hall–Kier alpha value is -1.40. The molecule has 5 nitrogen and oxygen atoms in total. The fourth-order valence-corrected chi connectivity index (χ4v) is 4.61. The van der Waals surface area contributed by atoms with Gasteiger partial charge < -0.3 is 14.7 Å². The van der Waals surface area contributed by atoms with Crippen LogP contribution < -0.4 is 0 Å². The van der Waals surface area contributed by atoms with E-state index in [-0.39, 0.29) is 11.8 Å². The van der Waals surface area contributed by atoms with Gasteiger partial charge in [0.2, 0.25) is 5.91 Å². The molecule has 2 aliphatic heterocycles. The van der Waals surface area contributed by atoms with Crippen molar-refractivity contribution < 1.29 is 19.4 Å². The normalized spacial score (nSPS) is 26.3. The molecule has 2 fully saturated rings. The van der Waals surface area contributed by atoms with E-state index in [4.69, 9.17) is 4.74 Å². The number of ether oxygens (including phenoxy) is 1. The lowest BCUT2D eigenvalue weighted by Gasteiger charge is -2.33. The van der Waals surface area contributed by atoms with Crippen LogP contribution in [0.15, 0.2) is 17.5 Å². The Kier molecular flexibility index (Phi) is 5.56. The lowest BCUT2D eigenvalue weighted by Crippen LogP contribution is -2.45. The summed E-state index contributed by atoms with van der Waals surface area (Å²) in [6.45, 7) is 1.81. The number of thiophene rings is 1. The Morgan fingerprint density at radius 2 is 2.25 bits per heavy atom. The Bertz CT molecular complexity index is 574. The smallest absolute Gasteiger partial charge is 0.311 e. The number of nitrogens with zero attached hydrogens (tertiary/aromatic N) is 1. The van der Waals surface area contributed by atoms with E-state index in [0.29, 0.717) is 39.1 Å². The summed E-state index contributed by atoms with van der Waals surface area (Å²) in [5.41, 5.74) is -0.785. The number of hydrogen-bond donors (Lipinski definition) is 1. The van der Waals surface area contributed by atoms with Gasteiger partial charge in [0.25, 0.3) is 0 Å². The second-order valence-electron chi connectivity index (χ2n) is 6.90. The highest BCUT2D eigenvalue weighted by atomic mass is 32.1. The summed E-state index contributed by atoms with van der Waals surface area (Å²) in [5, 5.41) is 11.7. The molecule has 1 N–H and O–H groups in total. The quantitative estimate of drug-likeness (QED) is 0.767. The van der Waals surface area contributed by atoms with Crippen LogP contribution in [0.1, 0.15) is 37.0 Å². The molecule has 0 unspecified atom stereocenters. The molecule has 3 heterocycles. The summed E-state index contributed by atoms with van der Waals surface area (Å²) in [6.07, 6.45) is 5.13. The van der Waals surface area contributed by atoms with Crippen molar-refractivity contribution in [2.24, 2.45) is 11.3 Å². The van der Waals surface area contributed by atoms with E-state index < -0.39 is 11.4 Å². The van der Waals surface area contributed by atoms with Crippen LogP contribution >= 0.6 is 11.3 Å². The van der Waals surface area contributed by atoms with Gasteiger partial charge in [-0.2, -0.15) is 0 Å². The van der Waals surface area contributed by atoms with Crippen molar-refractivity contribution in [3.05, 3.63) is 22.4 Å². The predicted octanol–water partition coefficient (Wildman–Crippen LogP) is 2.80. The SMILES string of the molecule is O=C(CCCCCc1cccs1)N1C[C@H]2COCC[C@@]2(C(=O)O)C1. The molecular weight excluding hydrogens is 326 g/mol. The van der Waals surface area contributed by atoms with Crippen LogP contribution in [0.5, 0.6) is 0 Å². The van der Waals surface area contributed by atoms with E-state index in [1.165, 1.54) is 4.88 Å². The van der Waals surface area contributed by atoms with Crippen molar-refractivity contribution in [3.8, 4) is 0 Å². The summed E-state index contributed by atoms with van der Waals surface area (Å²) in [6, 6.07) is 4.22. The van der Waals surface area contributed by atoms with Crippen LogP contribution in [-0.2, 0) is 20.7 Å². The molecule has 132 valence electrons. The molecule has 0 aliphatic carbocycles. The first-order chi connectivity index (χ1) is 11.6. The van der Waals surface area contributed by atoms with Crippen molar-refractivity contribution in [1.82, 2.24) is 4.90 Å². The first-order valence-corrected chi connectivity index (χ1v) is 9.61. The summed E-state index contributed by atoms with van der Waals surface area (Å²) < 4.78 is 5.43. The summed E-state index contributed by atoms with van der Waals surface area (Å²) in [7, 11) is 0. The Balaban J connectivity index is 1.43. The van der Waals surface area contributed by atoms with Crippen molar-refractivity contribution in [2.45, 2.75) is 38.5 Å². The molecule has 1 amide bonds. The molecule has 2 saturated heterocycles. The molecule has 0 aromatic carbocycles. The van der Waals surface area contributed by atoms with E-state index in [0.717, 1.165) is 25.7 Å². The average molecular weight is 351 g/mol. The maximum Gasteiger partial charge on any atom is 0.311 e. The van der Waals surface area contributed by atoms with Crippen LogP contribution in [0.2, 0.25) is 0 Å². The Morgan fingerprint density at radius 1 is 1.38 bits per heavy atom. The van der Waals surface area contributed by atoms with Gasteiger partial charge in [-0.1, -0.05) is 12.5 Å². The molecule has 0 spiro atoms. The summed E-state index contributed by atoms with van der Waals surface area (Å²) in [5.74, 6) is -0.741. The minimum absolute atomic E-state index is 0.0634. The number of carboxylic acid groups (broad SMARTS) is 1. The van der Waals surface area contributed by atoms with Gasteiger partial charge in [-0.3, -0.25) is 9.59 Å². The van der Waals surface area contributed by atoms with Gasteiger partial charge in [0.1, 0.15) is 0 Å². The monoisotopic (exact) mass is 351 g/mol. The molecular formula is C18H25NO4S. The predicted molar refractivity (Wildman–Crippen MR) is 92.1 cm³/mol. The van der Waals surface area contributed by atoms with Gasteiger partial charge in [-0.15, -0.1) is 11.3 Å². The van der Waals surface area contributed by atoms with Crippen molar-refractivity contribution in [2.75, 3.05) is 26.3 Å². The van der Waals surface area contributed by atoms with Gasteiger partial charge in [0.15, 0.2) is 0 Å². The topological polar surface area (TPSA) is 66.8 Å². The largest absolute Gasteiger partial charge is 0.481 e. The van der Waals surface area contributed by atoms with Gasteiger partial charge in [-0.25, -0.2) is 0 Å². The Labute approximate surface area is 146 Å². The number of likely N-dealkylation sites (tertiary alicyclic amines) is 1. The highest BCUT2D eigenvalue weighted by Gasteiger charge is 2.54. The van der Waals surface area contributed by atoms with Crippen molar-refractivity contribution >= 4 is 23.2 Å². The minimum atomic E-state index is -0.785. The van der Waals surface area contributed by atoms with Gasteiger partial charge in [-0.05, 0) is 37.1 Å². The van der Waals surface area contributed by atoms with Gasteiger partial charge >= 0.3 is 5.97 Å². The zero-order chi connectivity index (χ0) is 17.0. The zero-order valence-corrected chi connectivity index (χ0v) is 14.7. The number of carbonyl (C=O) groups excluding carboxylic acids is 1. The fraction of sp³-hybridized carbons (Fsp3) is 0.667. The molecule has 24 heavy (non-hydrogen) atoms. The number of carboxylic acids is 1. The molecule has 6 heteroatoms. The standard InChI is InChI=1S/C18H25NO4S/c20-16(7-3-1-2-5-15-6-4-10-24-15)19-11-14-12-23-9-8-18(14,13-19)17(21)22/h4,6,10,14H,1-3,5,7-9,11-13H2,(H,21,22)/t14-,18+/m0/s1. The maximum atomic E-state index is 12.4. The average Bonchev–Trinajstić information content (AvgIpc) is 3.22. The summed E-state index contributed by atoms with van der Waals surface area (Å²) >= 11 is 1.78. The van der Waals surface area contributed by atoms with Crippen LogP contribution in [0.4, 0.5) is 0 Å². The van der Waals surface area contributed by atoms with Crippen LogP contribution in [-0.4, -0.2) is 48.2 Å². The lowest BCUT2D eigenvalue weighted by atomic mass is 9.74. The fourth-order valence-electron chi connectivity index (χ4n) is 3.85. The lowest BCUT2D eigenvalue weighted by molar-refractivity contribution is -0.157. The second-order valence-corrected chi connectivity index (χ2v) is 7.93. The number of aryl methyl sites for hydroxylation is 1. The third-order valence-corrected chi connectivity index (χ3v) is 6.32. The second kappa shape index (κ2) is 7.66. The van der Waals surface area contributed by atoms with E-state index in [1.807, 2.05) is 0 Å². The number of rotatable bonds is 7. The van der Waals surface area contributed by atoms with Crippen LogP contribution in [0.3, 0.4) is 0 Å². The molecule has 1 aromatic rings. The number of unbranched alkanes of at least 4 members (excludes halogenated alkanes) is 2. The first kappa shape index (κ1) is 17.4. The highest BCUT2D eigenvalue weighted by molar-refractivity contribution is 7.09. The van der Waals surface area contributed by atoms with E-state index >= 15 is 0 Å². The molecule has 0 radical (unpaired) electrons. The van der Waals surface area contributed by atoms with Gasteiger partial charge in [0, 0.05) is 36.9 Å². The molecule has 2 aliphatic rings. The van der Waals surface area contributed by atoms with Crippen molar-refractivity contribution in [1.29, 1.82) is 0 Å². The molecule has 0 bridgehead atoms. The van der Waals surface area contributed by atoms with E-state index in [2.05, 4.69) is 17.5 Å². The minimum Gasteiger partial charge on any atom is -0.481 e. The van der Waals surface area contributed by atoms with Crippen LogP contribution in [0, 0.1) is 11.3 Å². The van der Waals surface area contributed by atoms with Crippen LogP contribution in [0.25, 0.3) is 0 Å². The number of fused-ring (bicyclic) bond motifs is 1. The molecule has 1 aromatic heterocycles. The third kappa shape index (κ3) is 3.64. The number of amides is 1. The van der Waals surface area contributed by atoms with Gasteiger partial charge in [0.05, 0.1) is 12.0 Å². The Morgan fingerprint density at radius 3 is 2.96 bits per heavy atom. The number of carbonyl (C=O) groups is 2. The zero-order valence-electron chi connectivity index (χ0n) is 13.9. The molecule has 0 saturated carbocycles. The maximum absolute atomic E-state index is 12.4.